The largest absolute Gasteiger partial charge is 0.325 e. The number of rotatable bonds is 3. The predicted octanol–water partition coefficient (Wildman–Crippen LogP) is 5.24. The third-order valence-corrected chi connectivity index (χ3v) is 4.64. The van der Waals surface area contributed by atoms with Crippen LogP contribution in [-0.4, -0.2) is 5.91 Å². The quantitative estimate of drug-likeness (QED) is 0.554. The van der Waals surface area contributed by atoms with Crippen molar-refractivity contribution in [2.75, 3.05) is 5.32 Å². The lowest BCUT2D eigenvalue weighted by Crippen LogP contribution is -2.16. The molecule has 4 heteroatoms. The smallest absolute Gasteiger partial charge is 0.224 e. The number of anilines is 1. The van der Waals surface area contributed by atoms with Gasteiger partial charge in [0.05, 0.1) is 10.7 Å². The molecule has 1 aromatic carbocycles. The van der Waals surface area contributed by atoms with Gasteiger partial charge < -0.3 is 5.32 Å². The summed E-state index contributed by atoms with van der Waals surface area (Å²) < 4.78 is 1.07. The van der Waals surface area contributed by atoms with E-state index < -0.39 is 0 Å². The number of hydrogen-bond donors (Lipinski definition) is 1. The number of nitrogens with one attached hydrogen (secondary N) is 1. The number of benzene rings is 1. The highest BCUT2D eigenvalue weighted by atomic mass is 127. The molecular formula is C15H19ClINO. The van der Waals surface area contributed by atoms with Crippen molar-refractivity contribution in [3.8, 4) is 0 Å². The molecule has 104 valence electrons. The Morgan fingerprint density at radius 1 is 1.26 bits per heavy atom. The number of carbonyl (C=O) groups is 1. The molecule has 0 bridgehead atoms. The molecule has 1 N–H and O–H groups in total. The summed E-state index contributed by atoms with van der Waals surface area (Å²) in [6.07, 6.45) is 8.18. The number of amides is 1. The summed E-state index contributed by atoms with van der Waals surface area (Å²) in [6, 6.07) is 5.69. The van der Waals surface area contributed by atoms with Crippen LogP contribution in [0.1, 0.15) is 44.9 Å². The maximum absolute atomic E-state index is 12.1. The summed E-state index contributed by atoms with van der Waals surface area (Å²) in [5.41, 5.74) is 0.723. The minimum atomic E-state index is 0.0926. The first kappa shape index (κ1) is 15.1. The van der Waals surface area contributed by atoms with Gasteiger partial charge in [-0.15, -0.1) is 0 Å². The van der Waals surface area contributed by atoms with E-state index in [0.717, 1.165) is 9.26 Å². The lowest BCUT2D eigenvalue weighted by atomic mass is 9.96. The zero-order valence-electron chi connectivity index (χ0n) is 10.9. The standard InChI is InChI=1S/C15H19ClINO/c16-13-10-12(17)7-8-14(13)18-15(19)9-11-5-3-1-2-4-6-11/h7-8,10-11H,1-6,9H2,(H,18,19). The van der Waals surface area contributed by atoms with Gasteiger partial charge >= 0.3 is 0 Å². The predicted molar refractivity (Wildman–Crippen MR) is 88.6 cm³/mol. The summed E-state index contributed by atoms with van der Waals surface area (Å²) in [4.78, 5) is 12.1. The van der Waals surface area contributed by atoms with Crippen molar-refractivity contribution in [3.63, 3.8) is 0 Å². The van der Waals surface area contributed by atoms with Crippen molar-refractivity contribution in [2.24, 2.45) is 5.92 Å². The van der Waals surface area contributed by atoms with E-state index in [1.807, 2.05) is 18.2 Å². The van der Waals surface area contributed by atoms with Gasteiger partial charge in [0.1, 0.15) is 0 Å². The van der Waals surface area contributed by atoms with Crippen LogP contribution in [0.25, 0.3) is 0 Å². The fourth-order valence-electron chi connectivity index (χ4n) is 2.62. The Kier molecular flexibility index (Phi) is 5.95. The van der Waals surface area contributed by atoms with E-state index in [0.29, 0.717) is 17.4 Å². The molecular weight excluding hydrogens is 373 g/mol. The first-order chi connectivity index (χ1) is 9.15. The fraction of sp³-hybridized carbons (Fsp3) is 0.533. The van der Waals surface area contributed by atoms with Gasteiger partial charge in [0, 0.05) is 9.99 Å². The molecule has 2 rings (SSSR count). The van der Waals surface area contributed by atoms with Gasteiger partial charge in [0.15, 0.2) is 0 Å². The SMILES string of the molecule is O=C(CC1CCCCCC1)Nc1ccc(I)cc1Cl. The molecule has 0 saturated heterocycles. The first-order valence-corrected chi connectivity index (χ1v) is 8.36. The van der Waals surface area contributed by atoms with Crippen molar-refractivity contribution in [3.05, 3.63) is 26.8 Å². The van der Waals surface area contributed by atoms with Gasteiger partial charge in [-0.05, 0) is 59.5 Å². The Bertz CT molecular complexity index is 442. The van der Waals surface area contributed by atoms with Gasteiger partial charge in [-0.1, -0.05) is 37.3 Å². The summed E-state index contributed by atoms with van der Waals surface area (Å²) in [5, 5.41) is 3.54. The maximum Gasteiger partial charge on any atom is 0.224 e. The van der Waals surface area contributed by atoms with E-state index >= 15 is 0 Å². The van der Waals surface area contributed by atoms with Crippen LogP contribution in [0, 0.1) is 9.49 Å². The first-order valence-electron chi connectivity index (χ1n) is 6.90. The molecule has 1 amide bonds. The van der Waals surface area contributed by atoms with Crippen LogP contribution in [-0.2, 0) is 4.79 Å². The van der Waals surface area contributed by atoms with Crippen molar-refractivity contribution < 1.29 is 4.79 Å². The van der Waals surface area contributed by atoms with Crippen molar-refractivity contribution in [1.82, 2.24) is 0 Å². The molecule has 2 nitrogen and oxygen atoms in total. The van der Waals surface area contributed by atoms with Crippen molar-refractivity contribution in [2.45, 2.75) is 44.9 Å². The van der Waals surface area contributed by atoms with E-state index in [-0.39, 0.29) is 5.91 Å². The molecule has 0 radical (unpaired) electrons. The van der Waals surface area contributed by atoms with Crippen LogP contribution >= 0.6 is 34.2 Å². The normalized spacial score (nSPS) is 16.9. The number of carbonyl (C=O) groups excluding carboxylic acids is 1. The second-order valence-corrected chi connectivity index (χ2v) is 6.89. The molecule has 0 atom stereocenters. The zero-order valence-corrected chi connectivity index (χ0v) is 13.8. The highest BCUT2D eigenvalue weighted by Crippen LogP contribution is 2.27. The second-order valence-electron chi connectivity index (χ2n) is 5.23. The molecule has 1 aliphatic carbocycles. The van der Waals surface area contributed by atoms with Crippen molar-refractivity contribution >= 4 is 45.8 Å². The van der Waals surface area contributed by atoms with Crippen LogP contribution in [0.2, 0.25) is 5.02 Å². The molecule has 19 heavy (non-hydrogen) atoms. The molecule has 0 heterocycles. The number of hydrogen-bond acceptors (Lipinski definition) is 1. The Morgan fingerprint density at radius 2 is 1.95 bits per heavy atom. The molecule has 0 unspecified atom stereocenters. The van der Waals surface area contributed by atoms with Gasteiger partial charge in [-0.2, -0.15) is 0 Å². The van der Waals surface area contributed by atoms with Gasteiger partial charge in [-0.3, -0.25) is 4.79 Å². The van der Waals surface area contributed by atoms with Crippen LogP contribution in [0.4, 0.5) is 5.69 Å². The van der Waals surface area contributed by atoms with E-state index in [1.165, 1.54) is 38.5 Å². The highest BCUT2D eigenvalue weighted by molar-refractivity contribution is 14.1. The Balaban J connectivity index is 1.89. The fourth-order valence-corrected chi connectivity index (χ4v) is 3.53. The topological polar surface area (TPSA) is 29.1 Å². The monoisotopic (exact) mass is 391 g/mol. The van der Waals surface area contributed by atoms with Crippen LogP contribution in [0.15, 0.2) is 18.2 Å². The highest BCUT2D eigenvalue weighted by Gasteiger charge is 2.16. The molecule has 0 spiro atoms. The summed E-state index contributed by atoms with van der Waals surface area (Å²) >= 11 is 8.33. The molecule has 0 aromatic heterocycles. The minimum Gasteiger partial charge on any atom is -0.325 e. The average Bonchev–Trinajstić information content (AvgIpc) is 2.61. The Morgan fingerprint density at radius 3 is 2.58 bits per heavy atom. The minimum absolute atomic E-state index is 0.0926. The van der Waals surface area contributed by atoms with Crippen molar-refractivity contribution in [1.29, 1.82) is 0 Å². The van der Waals surface area contributed by atoms with E-state index in [2.05, 4.69) is 27.9 Å². The molecule has 1 aliphatic rings. The summed E-state index contributed by atoms with van der Waals surface area (Å²) in [7, 11) is 0. The van der Waals surface area contributed by atoms with Gasteiger partial charge in [-0.25, -0.2) is 0 Å². The van der Waals surface area contributed by atoms with Crippen LogP contribution in [0.3, 0.4) is 0 Å². The van der Waals surface area contributed by atoms with Crippen LogP contribution < -0.4 is 5.32 Å². The summed E-state index contributed by atoms with van der Waals surface area (Å²) in [5.74, 6) is 0.639. The molecule has 1 aromatic rings. The van der Waals surface area contributed by atoms with Crippen LogP contribution in [0.5, 0.6) is 0 Å². The van der Waals surface area contributed by atoms with Gasteiger partial charge in [0.25, 0.3) is 0 Å². The third kappa shape index (κ3) is 4.95. The van der Waals surface area contributed by atoms with Gasteiger partial charge in [0.2, 0.25) is 5.91 Å². The maximum atomic E-state index is 12.1. The summed E-state index contributed by atoms with van der Waals surface area (Å²) in [6.45, 7) is 0. The number of halogens is 2. The van der Waals surface area contributed by atoms with E-state index in [1.54, 1.807) is 0 Å². The second kappa shape index (κ2) is 7.48. The Hall–Kier alpha value is -0.290. The lowest BCUT2D eigenvalue weighted by molar-refractivity contribution is -0.117. The zero-order chi connectivity index (χ0) is 13.7. The van der Waals surface area contributed by atoms with E-state index in [9.17, 15) is 4.79 Å². The molecule has 0 aliphatic heterocycles. The molecule has 1 saturated carbocycles. The Labute approximate surface area is 133 Å². The third-order valence-electron chi connectivity index (χ3n) is 3.65. The molecule has 1 fully saturated rings. The average molecular weight is 392 g/mol. The lowest BCUT2D eigenvalue weighted by Gasteiger charge is -2.14. The van der Waals surface area contributed by atoms with E-state index in [4.69, 9.17) is 11.6 Å².